The van der Waals surface area contributed by atoms with Crippen LogP contribution in [0.25, 0.3) is 22.7 Å². The van der Waals surface area contributed by atoms with E-state index in [9.17, 15) is 0 Å². The summed E-state index contributed by atoms with van der Waals surface area (Å²) < 4.78 is 1.98. The third kappa shape index (κ3) is 2.37. The summed E-state index contributed by atoms with van der Waals surface area (Å²) in [6, 6.07) is 6.09. The molecule has 0 saturated carbocycles. The fraction of sp³-hybridized carbons (Fsp3) is 0.400. The van der Waals surface area contributed by atoms with Crippen molar-refractivity contribution in [3.05, 3.63) is 23.9 Å². The molecule has 3 rings (SSSR count). The average Bonchev–Trinajstić information content (AvgIpc) is 3.09. The van der Waals surface area contributed by atoms with E-state index in [4.69, 9.17) is 0 Å². The predicted octanol–water partition coefficient (Wildman–Crippen LogP) is 2.47. The Labute approximate surface area is 123 Å². The Balaban J connectivity index is 2.10. The van der Waals surface area contributed by atoms with E-state index in [-0.39, 0.29) is 0 Å². The molecule has 0 aliphatic rings. The molecule has 3 heterocycles. The number of anilines is 1. The van der Waals surface area contributed by atoms with Gasteiger partial charge in [-0.2, -0.15) is 5.10 Å². The molecular weight excluding hydrogens is 264 g/mol. The standard InChI is InChI=1S/C15H20N6/c1-5-10-9-12(21(6-2)19-10)15-16-11-7-8-13(20(3)4)17-14(11)18-15/h7-9H,5-6H2,1-4H3,(H,16,17,18). The van der Waals surface area contributed by atoms with Crippen molar-refractivity contribution in [3.63, 3.8) is 0 Å². The molecule has 0 bridgehead atoms. The number of aromatic nitrogens is 5. The monoisotopic (exact) mass is 284 g/mol. The van der Waals surface area contributed by atoms with Gasteiger partial charge in [0.15, 0.2) is 11.5 Å². The summed E-state index contributed by atoms with van der Waals surface area (Å²) in [5.41, 5.74) is 3.77. The maximum absolute atomic E-state index is 4.63. The summed E-state index contributed by atoms with van der Waals surface area (Å²) in [6.45, 7) is 5.01. The summed E-state index contributed by atoms with van der Waals surface area (Å²) in [6.07, 6.45) is 0.920. The topological polar surface area (TPSA) is 62.6 Å². The number of fused-ring (bicyclic) bond motifs is 1. The quantitative estimate of drug-likeness (QED) is 0.799. The lowest BCUT2D eigenvalue weighted by atomic mass is 10.3. The Hall–Kier alpha value is -2.37. The Bertz CT molecular complexity index is 768. The molecule has 21 heavy (non-hydrogen) atoms. The number of nitrogens with zero attached hydrogens (tertiary/aromatic N) is 5. The van der Waals surface area contributed by atoms with Crippen LogP contribution in [0.15, 0.2) is 18.2 Å². The zero-order valence-corrected chi connectivity index (χ0v) is 12.9. The summed E-state index contributed by atoms with van der Waals surface area (Å²) in [7, 11) is 3.95. The number of imidazole rings is 1. The number of nitrogens with one attached hydrogen (secondary N) is 1. The van der Waals surface area contributed by atoms with Gasteiger partial charge in [0.2, 0.25) is 0 Å². The van der Waals surface area contributed by atoms with Crippen molar-refractivity contribution in [1.82, 2.24) is 24.7 Å². The van der Waals surface area contributed by atoms with Gasteiger partial charge in [-0.25, -0.2) is 9.97 Å². The number of hydrogen-bond acceptors (Lipinski definition) is 4. The molecule has 0 spiro atoms. The molecule has 0 atom stereocenters. The van der Waals surface area contributed by atoms with Gasteiger partial charge < -0.3 is 9.88 Å². The minimum absolute atomic E-state index is 0.734. The molecule has 3 aromatic rings. The third-order valence-electron chi connectivity index (χ3n) is 3.52. The summed E-state index contributed by atoms with van der Waals surface area (Å²) in [4.78, 5) is 14.5. The van der Waals surface area contributed by atoms with E-state index in [1.165, 1.54) is 0 Å². The normalized spacial score (nSPS) is 11.2. The van der Waals surface area contributed by atoms with Crippen LogP contribution in [0.5, 0.6) is 0 Å². The van der Waals surface area contributed by atoms with E-state index in [0.717, 1.165) is 47.2 Å². The molecule has 3 aromatic heterocycles. The molecule has 0 aliphatic heterocycles. The lowest BCUT2D eigenvalue weighted by Gasteiger charge is -2.09. The molecule has 6 nitrogen and oxygen atoms in total. The number of aromatic amines is 1. The van der Waals surface area contributed by atoms with Gasteiger partial charge in [0.25, 0.3) is 0 Å². The Morgan fingerprint density at radius 2 is 2.00 bits per heavy atom. The van der Waals surface area contributed by atoms with Gasteiger partial charge in [0.05, 0.1) is 11.2 Å². The van der Waals surface area contributed by atoms with Crippen molar-refractivity contribution >= 4 is 17.0 Å². The van der Waals surface area contributed by atoms with Crippen LogP contribution in [-0.4, -0.2) is 38.8 Å². The molecule has 0 aromatic carbocycles. The van der Waals surface area contributed by atoms with E-state index < -0.39 is 0 Å². The highest BCUT2D eigenvalue weighted by atomic mass is 15.3. The first-order valence-corrected chi connectivity index (χ1v) is 7.23. The van der Waals surface area contributed by atoms with Gasteiger partial charge in [0, 0.05) is 20.6 Å². The van der Waals surface area contributed by atoms with Gasteiger partial charge in [0.1, 0.15) is 11.5 Å². The van der Waals surface area contributed by atoms with Crippen LogP contribution >= 0.6 is 0 Å². The van der Waals surface area contributed by atoms with Crippen LogP contribution in [-0.2, 0) is 13.0 Å². The molecule has 0 saturated heterocycles. The van der Waals surface area contributed by atoms with Crippen LogP contribution in [0.1, 0.15) is 19.5 Å². The van der Waals surface area contributed by atoms with Crippen LogP contribution in [0.2, 0.25) is 0 Å². The Kier molecular flexibility index (Phi) is 3.37. The van der Waals surface area contributed by atoms with E-state index in [1.807, 2.05) is 35.8 Å². The maximum Gasteiger partial charge on any atom is 0.180 e. The van der Waals surface area contributed by atoms with Gasteiger partial charge in [-0.3, -0.25) is 4.68 Å². The second-order valence-electron chi connectivity index (χ2n) is 5.21. The summed E-state index contributed by atoms with van der Waals surface area (Å²) in [5.74, 6) is 1.72. The smallest absolute Gasteiger partial charge is 0.180 e. The van der Waals surface area contributed by atoms with Crippen molar-refractivity contribution in [2.24, 2.45) is 0 Å². The first kappa shape index (κ1) is 13.6. The lowest BCUT2D eigenvalue weighted by Crippen LogP contribution is -2.10. The van der Waals surface area contributed by atoms with E-state index >= 15 is 0 Å². The number of hydrogen-bond donors (Lipinski definition) is 1. The molecule has 6 heteroatoms. The minimum Gasteiger partial charge on any atom is -0.363 e. The highest BCUT2D eigenvalue weighted by molar-refractivity contribution is 5.77. The maximum atomic E-state index is 4.63. The minimum atomic E-state index is 0.734. The fourth-order valence-electron chi connectivity index (χ4n) is 2.33. The van der Waals surface area contributed by atoms with Crippen molar-refractivity contribution in [2.45, 2.75) is 26.8 Å². The fourth-order valence-corrected chi connectivity index (χ4v) is 2.33. The number of rotatable bonds is 4. The molecule has 0 amide bonds. The molecule has 0 aliphatic carbocycles. The third-order valence-corrected chi connectivity index (χ3v) is 3.52. The van der Waals surface area contributed by atoms with Gasteiger partial charge in [-0.15, -0.1) is 0 Å². The van der Waals surface area contributed by atoms with Crippen molar-refractivity contribution in [1.29, 1.82) is 0 Å². The van der Waals surface area contributed by atoms with Crippen LogP contribution < -0.4 is 4.90 Å². The Morgan fingerprint density at radius 3 is 2.67 bits per heavy atom. The molecule has 110 valence electrons. The van der Waals surface area contributed by atoms with E-state index in [1.54, 1.807) is 0 Å². The van der Waals surface area contributed by atoms with E-state index in [0.29, 0.717) is 0 Å². The van der Waals surface area contributed by atoms with Gasteiger partial charge in [-0.05, 0) is 31.5 Å². The van der Waals surface area contributed by atoms with Crippen molar-refractivity contribution in [3.8, 4) is 11.5 Å². The number of pyridine rings is 1. The second kappa shape index (κ2) is 5.20. The highest BCUT2D eigenvalue weighted by Gasteiger charge is 2.13. The first-order valence-electron chi connectivity index (χ1n) is 7.23. The number of H-pyrrole nitrogens is 1. The summed E-state index contributed by atoms with van der Waals surface area (Å²) in [5, 5.41) is 4.57. The molecule has 0 unspecified atom stereocenters. The molecule has 1 N–H and O–H groups in total. The van der Waals surface area contributed by atoms with Crippen molar-refractivity contribution in [2.75, 3.05) is 19.0 Å². The molecule has 0 radical (unpaired) electrons. The van der Waals surface area contributed by atoms with Crippen LogP contribution in [0, 0.1) is 0 Å². The predicted molar refractivity (Wildman–Crippen MR) is 84.5 cm³/mol. The second-order valence-corrected chi connectivity index (χ2v) is 5.21. The summed E-state index contributed by atoms with van der Waals surface area (Å²) >= 11 is 0. The molecule has 0 fully saturated rings. The van der Waals surface area contributed by atoms with Gasteiger partial charge in [-0.1, -0.05) is 6.92 Å². The van der Waals surface area contributed by atoms with Crippen LogP contribution in [0.3, 0.4) is 0 Å². The number of aryl methyl sites for hydroxylation is 2. The van der Waals surface area contributed by atoms with Crippen LogP contribution in [0.4, 0.5) is 5.82 Å². The SMILES string of the molecule is CCc1cc(-c2nc3nc(N(C)C)ccc3[nH]2)n(CC)n1. The largest absolute Gasteiger partial charge is 0.363 e. The lowest BCUT2D eigenvalue weighted by molar-refractivity contribution is 0.653. The van der Waals surface area contributed by atoms with Gasteiger partial charge >= 0.3 is 0 Å². The Morgan fingerprint density at radius 1 is 1.19 bits per heavy atom. The van der Waals surface area contributed by atoms with E-state index in [2.05, 4.69) is 40.0 Å². The average molecular weight is 284 g/mol. The molecular formula is C15H20N6. The zero-order valence-electron chi connectivity index (χ0n) is 12.9. The van der Waals surface area contributed by atoms with Crippen molar-refractivity contribution < 1.29 is 0 Å². The highest BCUT2D eigenvalue weighted by Crippen LogP contribution is 2.22. The first-order chi connectivity index (χ1) is 10.1. The zero-order chi connectivity index (χ0) is 15.0.